The zero-order valence-electron chi connectivity index (χ0n) is 15.6. The highest BCUT2D eigenvalue weighted by atomic mass is 32.2. The van der Waals surface area contributed by atoms with Crippen LogP contribution < -0.4 is 5.32 Å². The predicted molar refractivity (Wildman–Crippen MR) is 103 cm³/mol. The second-order valence-electron chi connectivity index (χ2n) is 7.60. The highest BCUT2D eigenvalue weighted by molar-refractivity contribution is 7.92. The van der Waals surface area contributed by atoms with Crippen molar-refractivity contribution in [3.63, 3.8) is 0 Å². The summed E-state index contributed by atoms with van der Waals surface area (Å²) in [6.45, 7) is 2.60. The first-order chi connectivity index (χ1) is 12.5. The fraction of sp³-hybridized carbons (Fsp3) is 0.650. The summed E-state index contributed by atoms with van der Waals surface area (Å²) in [4.78, 5) is 15.0. The van der Waals surface area contributed by atoms with Gasteiger partial charge in [-0.25, -0.2) is 8.42 Å². The van der Waals surface area contributed by atoms with Crippen LogP contribution in [0.3, 0.4) is 0 Å². The van der Waals surface area contributed by atoms with E-state index in [4.69, 9.17) is 0 Å². The number of nitrogens with one attached hydrogen (secondary N) is 1. The maximum absolute atomic E-state index is 12.7. The number of benzene rings is 1. The van der Waals surface area contributed by atoms with Gasteiger partial charge in [-0.05, 0) is 75.9 Å². The second kappa shape index (κ2) is 8.53. The van der Waals surface area contributed by atoms with E-state index in [9.17, 15) is 13.2 Å². The third-order valence-corrected chi connectivity index (χ3v) is 8.15. The average Bonchev–Trinajstić information content (AvgIpc) is 3.22. The van der Waals surface area contributed by atoms with E-state index in [2.05, 4.69) is 5.32 Å². The van der Waals surface area contributed by atoms with Crippen LogP contribution in [0.4, 0.5) is 0 Å². The lowest BCUT2D eigenvalue weighted by molar-refractivity contribution is 0.0687. The topological polar surface area (TPSA) is 66.5 Å². The molecule has 1 saturated heterocycles. The third-order valence-electron chi connectivity index (χ3n) is 5.88. The molecule has 6 heteroatoms. The third kappa shape index (κ3) is 4.29. The van der Waals surface area contributed by atoms with Crippen molar-refractivity contribution in [2.75, 3.05) is 26.7 Å². The van der Waals surface area contributed by atoms with Gasteiger partial charge in [0.2, 0.25) is 0 Å². The molecule has 26 heavy (non-hydrogen) atoms. The van der Waals surface area contributed by atoms with Gasteiger partial charge in [-0.3, -0.25) is 4.79 Å². The fourth-order valence-electron chi connectivity index (χ4n) is 4.13. The Bertz CT molecular complexity index is 701. The summed E-state index contributed by atoms with van der Waals surface area (Å²) in [7, 11) is -1.29. The van der Waals surface area contributed by atoms with Crippen LogP contribution in [0.25, 0.3) is 0 Å². The van der Waals surface area contributed by atoms with Crippen LogP contribution >= 0.6 is 0 Å². The van der Waals surface area contributed by atoms with Crippen molar-refractivity contribution in [2.45, 2.75) is 55.1 Å². The van der Waals surface area contributed by atoms with E-state index in [1.54, 1.807) is 24.3 Å². The molecular formula is C20H30N2O3S. The predicted octanol–water partition coefficient (Wildman–Crippen LogP) is 2.86. The van der Waals surface area contributed by atoms with Crippen LogP contribution in [0.5, 0.6) is 0 Å². The Kier molecular flexibility index (Phi) is 6.35. The van der Waals surface area contributed by atoms with E-state index in [0.717, 1.165) is 64.6 Å². The number of piperidine rings is 1. The molecule has 1 amide bonds. The van der Waals surface area contributed by atoms with E-state index in [-0.39, 0.29) is 11.2 Å². The van der Waals surface area contributed by atoms with Crippen LogP contribution in [-0.2, 0) is 9.84 Å². The van der Waals surface area contributed by atoms with Crippen molar-refractivity contribution >= 4 is 15.7 Å². The Labute approximate surface area is 157 Å². The minimum Gasteiger partial charge on any atom is -0.339 e. The Morgan fingerprint density at radius 3 is 2.27 bits per heavy atom. The number of sulfone groups is 1. The Balaban J connectivity index is 1.61. The van der Waals surface area contributed by atoms with Crippen molar-refractivity contribution in [1.29, 1.82) is 0 Å². The van der Waals surface area contributed by atoms with Gasteiger partial charge in [0.15, 0.2) is 9.84 Å². The number of carbonyl (C=O) groups excluding carboxylic acids is 1. The summed E-state index contributed by atoms with van der Waals surface area (Å²) in [6, 6.07) is 6.58. The van der Waals surface area contributed by atoms with Crippen LogP contribution in [0.2, 0.25) is 0 Å². The van der Waals surface area contributed by atoms with Gasteiger partial charge in [-0.1, -0.05) is 12.8 Å². The maximum Gasteiger partial charge on any atom is 0.253 e. The molecule has 1 heterocycles. The minimum absolute atomic E-state index is 0.0156. The Hall–Kier alpha value is -1.40. The average molecular weight is 379 g/mol. The highest BCUT2D eigenvalue weighted by Gasteiger charge is 2.30. The summed E-state index contributed by atoms with van der Waals surface area (Å²) < 4.78 is 25.3. The number of nitrogens with zero attached hydrogens (tertiary/aromatic N) is 1. The number of rotatable bonds is 6. The lowest BCUT2D eigenvalue weighted by Crippen LogP contribution is -2.39. The number of hydrogen-bond acceptors (Lipinski definition) is 4. The first-order valence-corrected chi connectivity index (χ1v) is 11.3. The summed E-state index contributed by atoms with van der Waals surface area (Å²) >= 11 is 0. The molecule has 1 aliphatic heterocycles. The quantitative estimate of drug-likeness (QED) is 0.827. The summed E-state index contributed by atoms with van der Waals surface area (Å²) in [5, 5.41) is 2.93. The molecule has 0 atom stereocenters. The molecule has 0 spiro atoms. The van der Waals surface area contributed by atoms with E-state index < -0.39 is 9.84 Å². The maximum atomic E-state index is 12.7. The van der Waals surface area contributed by atoms with Crippen molar-refractivity contribution in [2.24, 2.45) is 5.92 Å². The molecule has 1 N–H and O–H groups in total. The van der Waals surface area contributed by atoms with Gasteiger partial charge in [-0.2, -0.15) is 0 Å². The van der Waals surface area contributed by atoms with Crippen molar-refractivity contribution in [1.82, 2.24) is 10.2 Å². The van der Waals surface area contributed by atoms with Gasteiger partial charge in [0.25, 0.3) is 5.91 Å². The van der Waals surface area contributed by atoms with E-state index in [1.165, 1.54) is 0 Å². The standard InChI is InChI=1S/C20H30N2O3S/c1-21-13-10-16-11-14-22(15-12-16)20(23)17-6-8-19(9-7-17)26(24,25)18-4-2-3-5-18/h6-9,16,18,21H,2-5,10-15H2,1H3. The normalized spacial score (nSPS) is 19.8. The molecule has 5 nitrogen and oxygen atoms in total. The molecule has 0 bridgehead atoms. The van der Waals surface area contributed by atoms with Crippen LogP contribution in [-0.4, -0.2) is 51.2 Å². The van der Waals surface area contributed by atoms with E-state index in [0.29, 0.717) is 16.4 Å². The summed E-state index contributed by atoms with van der Waals surface area (Å²) in [5.41, 5.74) is 0.587. The van der Waals surface area contributed by atoms with E-state index >= 15 is 0 Å². The number of hydrogen-bond donors (Lipinski definition) is 1. The number of carbonyl (C=O) groups is 1. The van der Waals surface area contributed by atoms with Gasteiger partial charge in [0.05, 0.1) is 10.1 Å². The van der Waals surface area contributed by atoms with Gasteiger partial charge >= 0.3 is 0 Å². The van der Waals surface area contributed by atoms with Crippen molar-refractivity contribution in [3.8, 4) is 0 Å². The summed E-state index contributed by atoms with van der Waals surface area (Å²) in [6.07, 6.45) is 6.74. The molecular weight excluding hydrogens is 348 g/mol. The number of amides is 1. The smallest absolute Gasteiger partial charge is 0.253 e. The van der Waals surface area contributed by atoms with Crippen LogP contribution in [0.15, 0.2) is 29.2 Å². The molecule has 0 aromatic heterocycles. The Morgan fingerprint density at radius 2 is 1.69 bits per heavy atom. The van der Waals surface area contributed by atoms with Crippen LogP contribution in [0.1, 0.15) is 55.3 Å². The molecule has 1 aromatic carbocycles. The van der Waals surface area contributed by atoms with Gasteiger partial charge in [-0.15, -0.1) is 0 Å². The molecule has 2 aliphatic rings. The van der Waals surface area contributed by atoms with Crippen molar-refractivity contribution in [3.05, 3.63) is 29.8 Å². The molecule has 144 valence electrons. The molecule has 1 aromatic rings. The van der Waals surface area contributed by atoms with Gasteiger partial charge in [0.1, 0.15) is 0 Å². The lowest BCUT2D eigenvalue weighted by atomic mass is 9.93. The first-order valence-electron chi connectivity index (χ1n) is 9.80. The van der Waals surface area contributed by atoms with E-state index in [1.807, 2.05) is 11.9 Å². The van der Waals surface area contributed by atoms with Crippen LogP contribution in [0, 0.1) is 5.92 Å². The SMILES string of the molecule is CNCCC1CCN(C(=O)c2ccc(S(=O)(=O)C3CCCC3)cc2)CC1. The number of likely N-dealkylation sites (tertiary alicyclic amines) is 1. The molecule has 1 saturated carbocycles. The zero-order valence-corrected chi connectivity index (χ0v) is 16.4. The van der Waals surface area contributed by atoms with Gasteiger partial charge in [0, 0.05) is 18.7 Å². The first kappa shape index (κ1) is 19.4. The van der Waals surface area contributed by atoms with Crippen molar-refractivity contribution < 1.29 is 13.2 Å². The largest absolute Gasteiger partial charge is 0.339 e. The molecule has 0 unspecified atom stereocenters. The summed E-state index contributed by atoms with van der Waals surface area (Å²) in [5.74, 6) is 0.701. The monoisotopic (exact) mass is 378 g/mol. The molecule has 0 radical (unpaired) electrons. The lowest BCUT2D eigenvalue weighted by Gasteiger charge is -2.32. The minimum atomic E-state index is -3.25. The molecule has 3 rings (SSSR count). The molecule has 2 fully saturated rings. The second-order valence-corrected chi connectivity index (χ2v) is 9.83. The fourth-order valence-corrected chi connectivity index (χ4v) is 5.99. The Morgan fingerprint density at radius 1 is 1.08 bits per heavy atom. The highest BCUT2D eigenvalue weighted by Crippen LogP contribution is 2.30. The zero-order chi connectivity index (χ0) is 18.6. The molecule has 1 aliphatic carbocycles. The van der Waals surface area contributed by atoms with Gasteiger partial charge < -0.3 is 10.2 Å².